The van der Waals surface area contributed by atoms with Crippen molar-refractivity contribution in [2.24, 2.45) is 0 Å². The number of hydrogen-bond acceptors (Lipinski definition) is 3. The third-order valence-electron chi connectivity index (χ3n) is 4.60. The molecule has 124 valence electrons. The lowest BCUT2D eigenvalue weighted by atomic mass is 9.93. The van der Waals surface area contributed by atoms with Crippen LogP contribution in [-0.2, 0) is 12.8 Å². The lowest BCUT2D eigenvalue weighted by molar-refractivity contribution is 0.235. The van der Waals surface area contributed by atoms with E-state index in [1.165, 1.54) is 15.6 Å². The minimum Gasteiger partial charge on any atom is -0.469 e. The molecule has 0 fully saturated rings. The maximum Gasteiger partial charge on any atom is 0.315 e. The first-order valence-electron chi connectivity index (χ1n) is 8.37. The molecule has 1 unspecified atom stereocenters. The fourth-order valence-electron chi connectivity index (χ4n) is 3.38. The van der Waals surface area contributed by atoms with E-state index in [9.17, 15) is 4.79 Å². The summed E-state index contributed by atoms with van der Waals surface area (Å²) in [7, 11) is 0. The number of carbonyl (C=O) groups excluding carboxylic acids is 1. The molecule has 1 aromatic carbocycles. The van der Waals surface area contributed by atoms with Crippen molar-refractivity contribution in [2.45, 2.75) is 31.7 Å². The third kappa shape index (κ3) is 3.04. The SMILES string of the molecule is O=C(NCCc1csc2ccccc12)NC1CCCc2occc21. The summed E-state index contributed by atoms with van der Waals surface area (Å²) in [4.78, 5) is 12.2. The van der Waals surface area contributed by atoms with Crippen molar-refractivity contribution in [3.8, 4) is 0 Å². The van der Waals surface area contributed by atoms with Crippen molar-refractivity contribution in [3.63, 3.8) is 0 Å². The van der Waals surface area contributed by atoms with Crippen LogP contribution in [0.5, 0.6) is 0 Å². The summed E-state index contributed by atoms with van der Waals surface area (Å²) in [6.45, 7) is 0.636. The summed E-state index contributed by atoms with van der Waals surface area (Å²) in [6.07, 6.45) is 5.54. The Hall–Kier alpha value is -2.27. The highest BCUT2D eigenvalue weighted by atomic mass is 32.1. The number of rotatable bonds is 4. The molecular weight excluding hydrogens is 320 g/mol. The molecule has 4 rings (SSSR count). The first-order chi connectivity index (χ1) is 11.8. The van der Waals surface area contributed by atoms with Gasteiger partial charge in [-0.3, -0.25) is 0 Å². The number of urea groups is 1. The predicted octanol–water partition coefficient (Wildman–Crippen LogP) is 4.41. The number of thiophene rings is 1. The minimum atomic E-state index is -0.103. The molecule has 2 N–H and O–H groups in total. The van der Waals surface area contributed by atoms with Crippen LogP contribution in [0, 0.1) is 0 Å². The Morgan fingerprint density at radius 1 is 1.29 bits per heavy atom. The van der Waals surface area contributed by atoms with Gasteiger partial charge in [-0.25, -0.2) is 4.79 Å². The summed E-state index contributed by atoms with van der Waals surface area (Å²) in [5.41, 5.74) is 2.42. The smallest absolute Gasteiger partial charge is 0.315 e. The van der Waals surface area contributed by atoms with Gasteiger partial charge in [0, 0.05) is 23.2 Å². The number of benzene rings is 1. The number of aryl methyl sites for hydroxylation is 1. The van der Waals surface area contributed by atoms with E-state index >= 15 is 0 Å². The van der Waals surface area contributed by atoms with Gasteiger partial charge in [0.1, 0.15) is 5.76 Å². The molecule has 1 aliphatic carbocycles. The molecule has 1 atom stereocenters. The summed E-state index contributed by atoms with van der Waals surface area (Å²) in [5, 5.41) is 9.53. The standard InChI is InChI=1S/C19H20N2O2S/c22-19(21-16-5-3-6-17-15(16)9-11-23-17)20-10-8-13-12-24-18-7-2-1-4-14(13)18/h1-2,4,7,9,11-12,16H,3,5-6,8,10H2,(H2,20,21,22). The molecule has 2 aromatic heterocycles. The first kappa shape index (κ1) is 15.3. The van der Waals surface area contributed by atoms with Crippen molar-refractivity contribution in [1.82, 2.24) is 10.6 Å². The van der Waals surface area contributed by atoms with Crippen LogP contribution in [0.25, 0.3) is 10.1 Å². The van der Waals surface area contributed by atoms with Crippen LogP contribution in [0.2, 0.25) is 0 Å². The van der Waals surface area contributed by atoms with Gasteiger partial charge in [0.05, 0.1) is 12.3 Å². The molecule has 0 spiro atoms. The Morgan fingerprint density at radius 3 is 3.17 bits per heavy atom. The van der Waals surface area contributed by atoms with Crippen molar-refractivity contribution in [1.29, 1.82) is 0 Å². The van der Waals surface area contributed by atoms with Crippen LogP contribution >= 0.6 is 11.3 Å². The third-order valence-corrected chi connectivity index (χ3v) is 5.61. The molecule has 0 bridgehead atoms. The minimum absolute atomic E-state index is 0.0643. The Morgan fingerprint density at radius 2 is 2.21 bits per heavy atom. The van der Waals surface area contributed by atoms with Gasteiger partial charge >= 0.3 is 6.03 Å². The highest BCUT2D eigenvalue weighted by molar-refractivity contribution is 7.17. The quantitative estimate of drug-likeness (QED) is 0.739. The number of carbonyl (C=O) groups is 1. The molecule has 0 saturated carbocycles. The van der Waals surface area contributed by atoms with Gasteiger partial charge in [0.2, 0.25) is 0 Å². The topological polar surface area (TPSA) is 54.3 Å². The van der Waals surface area contributed by atoms with E-state index in [0.717, 1.165) is 37.0 Å². The van der Waals surface area contributed by atoms with Crippen LogP contribution in [0.15, 0.2) is 46.4 Å². The summed E-state index contributed by atoms with van der Waals surface area (Å²) in [5.74, 6) is 1.01. The average Bonchev–Trinajstić information content (AvgIpc) is 3.23. The molecular formula is C19H20N2O2S. The van der Waals surface area contributed by atoms with E-state index in [1.807, 2.05) is 6.07 Å². The Labute approximate surface area is 144 Å². The first-order valence-corrected chi connectivity index (χ1v) is 9.25. The van der Waals surface area contributed by atoms with Crippen LogP contribution in [0.4, 0.5) is 4.79 Å². The second-order valence-electron chi connectivity index (χ2n) is 6.15. The molecule has 24 heavy (non-hydrogen) atoms. The lowest BCUT2D eigenvalue weighted by Gasteiger charge is -2.22. The molecule has 1 aliphatic rings. The molecule has 0 aliphatic heterocycles. The van der Waals surface area contributed by atoms with Crippen molar-refractivity contribution in [2.75, 3.05) is 6.54 Å². The maximum absolute atomic E-state index is 12.2. The molecule has 0 radical (unpaired) electrons. The van der Waals surface area contributed by atoms with Gasteiger partial charge in [-0.1, -0.05) is 18.2 Å². The van der Waals surface area contributed by atoms with Crippen molar-refractivity contribution < 1.29 is 9.21 Å². The fraction of sp³-hybridized carbons (Fsp3) is 0.316. The maximum atomic E-state index is 12.2. The number of amides is 2. The van der Waals surface area contributed by atoms with Crippen LogP contribution < -0.4 is 10.6 Å². The van der Waals surface area contributed by atoms with Gasteiger partial charge < -0.3 is 15.1 Å². The zero-order chi connectivity index (χ0) is 16.4. The predicted molar refractivity (Wildman–Crippen MR) is 96.5 cm³/mol. The summed E-state index contributed by atoms with van der Waals surface area (Å²) in [6, 6.07) is 10.3. The Bertz CT molecular complexity index is 852. The number of fused-ring (bicyclic) bond motifs is 2. The lowest BCUT2D eigenvalue weighted by Crippen LogP contribution is -2.39. The number of nitrogens with one attached hydrogen (secondary N) is 2. The van der Waals surface area contributed by atoms with E-state index < -0.39 is 0 Å². The summed E-state index contributed by atoms with van der Waals surface area (Å²) < 4.78 is 6.77. The fourth-order valence-corrected chi connectivity index (χ4v) is 4.38. The van der Waals surface area contributed by atoms with Gasteiger partial charge in [0.25, 0.3) is 0 Å². The zero-order valence-electron chi connectivity index (χ0n) is 13.4. The van der Waals surface area contributed by atoms with Gasteiger partial charge in [0.15, 0.2) is 0 Å². The Balaban J connectivity index is 1.32. The van der Waals surface area contributed by atoms with Gasteiger partial charge in [-0.2, -0.15) is 0 Å². The number of hydrogen-bond donors (Lipinski definition) is 2. The zero-order valence-corrected chi connectivity index (χ0v) is 14.2. The Kier molecular flexibility index (Phi) is 4.26. The van der Waals surface area contributed by atoms with Gasteiger partial charge in [-0.05, 0) is 47.7 Å². The molecule has 2 amide bonds. The van der Waals surface area contributed by atoms with E-state index in [-0.39, 0.29) is 12.1 Å². The van der Waals surface area contributed by atoms with E-state index in [1.54, 1.807) is 17.6 Å². The molecule has 4 nitrogen and oxygen atoms in total. The van der Waals surface area contributed by atoms with E-state index in [0.29, 0.717) is 6.54 Å². The second kappa shape index (κ2) is 6.69. The van der Waals surface area contributed by atoms with Crippen LogP contribution in [-0.4, -0.2) is 12.6 Å². The van der Waals surface area contributed by atoms with Crippen molar-refractivity contribution >= 4 is 27.5 Å². The van der Waals surface area contributed by atoms with Crippen molar-refractivity contribution in [3.05, 3.63) is 58.9 Å². The van der Waals surface area contributed by atoms with Crippen LogP contribution in [0.3, 0.4) is 0 Å². The molecule has 3 aromatic rings. The normalized spacial score (nSPS) is 16.8. The monoisotopic (exact) mass is 340 g/mol. The average molecular weight is 340 g/mol. The van der Waals surface area contributed by atoms with Gasteiger partial charge in [-0.15, -0.1) is 11.3 Å². The van der Waals surface area contributed by atoms with E-state index in [4.69, 9.17) is 4.42 Å². The summed E-state index contributed by atoms with van der Waals surface area (Å²) >= 11 is 1.76. The molecule has 2 heterocycles. The van der Waals surface area contributed by atoms with Crippen LogP contribution in [0.1, 0.15) is 35.8 Å². The highest BCUT2D eigenvalue weighted by Crippen LogP contribution is 2.30. The second-order valence-corrected chi connectivity index (χ2v) is 7.06. The number of furan rings is 1. The largest absolute Gasteiger partial charge is 0.469 e. The molecule has 0 saturated heterocycles. The highest BCUT2D eigenvalue weighted by Gasteiger charge is 2.23. The van der Waals surface area contributed by atoms with E-state index in [2.05, 4.69) is 40.3 Å². The molecule has 5 heteroatoms.